The van der Waals surface area contributed by atoms with Crippen molar-refractivity contribution in [3.05, 3.63) is 35.2 Å². The zero-order valence-electron chi connectivity index (χ0n) is 15.4. The third-order valence-electron chi connectivity index (χ3n) is 5.57. The molecule has 4 N–H and O–H groups in total. The van der Waals surface area contributed by atoms with Crippen molar-refractivity contribution in [1.29, 1.82) is 0 Å². The molecule has 10 heteroatoms. The van der Waals surface area contributed by atoms with E-state index in [4.69, 9.17) is 15.6 Å². The smallest absolute Gasteiger partial charge is 0.415 e. The first-order valence-corrected chi connectivity index (χ1v) is 9.20. The molecule has 1 aromatic rings. The van der Waals surface area contributed by atoms with Crippen molar-refractivity contribution in [3.63, 3.8) is 0 Å². The highest BCUT2D eigenvalue weighted by molar-refractivity contribution is 5.99. The van der Waals surface area contributed by atoms with Crippen LogP contribution >= 0.6 is 0 Å². The zero-order chi connectivity index (χ0) is 20.9. The molecule has 0 saturated carbocycles. The molecule has 0 radical (unpaired) electrons. The molecule has 154 valence electrons. The van der Waals surface area contributed by atoms with Gasteiger partial charge in [-0.25, -0.2) is 9.18 Å². The maximum Gasteiger partial charge on any atom is 0.415 e. The van der Waals surface area contributed by atoms with Crippen LogP contribution < -0.4 is 10.6 Å². The van der Waals surface area contributed by atoms with Gasteiger partial charge in [0.2, 0.25) is 6.10 Å². The summed E-state index contributed by atoms with van der Waals surface area (Å²) >= 11 is 0. The summed E-state index contributed by atoms with van der Waals surface area (Å²) in [5.74, 6) is -1.85. The highest BCUT2D eigenvalue weighted by Crippen LogP contribution is 2.41. The average Bonchev–Trinajstić information content (AvgIpc) is 3.23. The van der Waals surface area contributed by atoms with Gasteiger partial charge in [0.25, 0.3) is 11.8 Å². The first kappa shape index (κ1) is 19.3. The second-order valence-electron chi connectivity index (χ2n) is 7.27. The topological polar surface area (TPSA) is 133 Å². The van der Waals surface area contributed by atoms with Crippen LogP contribution in [0.4, 0.5) is 14.9 Å². The summed E-state index contributed by atoms with van der Waals surface area (Å²) in [5.41, 5.74) is 7.45. The van der Waals surface area contributed by atoms with E-state index in [-0.39, 0.29) is 13.1 Å². The highest BCUT2D eigenvalue weighted by Gasteiger charge is 2.50. The fourth-order valence-electron chi connectivity index (χ4n) is 4.11. The second kappa shape index (κ2) is 7.12. The number of halogens is 1. The average molecular weight is 405 g/mol. The minimum absolute atomic E-state index is 0.187. The van der Waals surface area contributed by atoms with Gasteiger partial charge in [-0.15, -0.1) is 0 Å². The lowest BCUT2D eigenvalue weighted by molar-refractivity contribution is -0.141. The van der Waals surface area contributed by atoms with E-state index >= 15 is 0 Å². The van der Waals surface area contributed by atoms with Gasteiger partial charge in [-0.3, -0.25) is 14.5 Å². The molecule has 29 heavy (non-hydrogen) atoms. The minimum atomic E-state index is -1.46. The van der Waals surface area contributed by atoms with Gasteiger partial charge in [-0.05, 0) is 36.1 Å². The normalized spacial score (nSPS) is 24.0. The molecule has 3 amide bonds. The number of carbonyl (C=O) groups is 3. The quantitative estimate of drug-likeness (QED) is 0.620. The molecule has 3 aliphatic heterocycles. The number of ether oxygens (including phenoxy) is 1. The molecule has 0 aromatic heterocycles. The van der Waals surface area contributed by atoms with E-state index < -0.39 is 48.6 Å². The number of aliphatic hydroxyl groups excluding tert-OH is 2. The lowest BCUT2D eigenvalue weighted by Crippen LogP contribution is -2.42. The van der Waals surface area contributed by atoms with Gasteiger partial charge in [0.1, 0.15) is 5.82 Å². The number of aliphatic hydroxyl groups is 2. The first-order valence-electron chi connectivity index (χ1n) is 9.20. The summed E-state index contributed by atoms with van der Waals surface area (Å²) in [7, 11) is 0. The van der Waals surface area contributed by atoms with Crippen LogP contribution in [0.15, 0.2) is 18.2 Å². The Morgan fingerprint density at radius 3 is 2.76 bits per heavy atom. The molecule has 1 saturated heterocycles. The van der Waals surface area contributed by atoms with Crippen LogP contribution in [0, 0.1) is 5.82 Å². The van der Waals surface area contributed by atoms with E-state index in [1.807, 2.05) is 0 Å². The van der Waals surface area contributed by atoms with Crippen LogP contribution in [0.5, 0.6) is 0 Å². The Bertz CT molecular complexity index is 933. The number of amides is 3. The lowest BCUT2D eigenvalue weighted by Gasteiger charge is -2.28. The van der Waals surface area contributed by atoms with Crippen molar-refractivity contribution in [2.24, 2.45) is 5.73 Å². The number of cyclic esters (lactones) is 1. The predicted octanol–water partition coefficient (Wildman–Crippen LogP) is -0.470. The summed E-state index contributed by atoms with van der Waals surface area (Å²) in [6.45, 7) is -0.187. The molecule has 3 atom stereocenters. The van der Waals surface area contributed by atoms with Gasteiger partial charge in [0, 0.05) is 18.7 Å². The van der Waals surface area contributed by atoms with Gasteiger partial charge in [-0.2, -0.15) is 0 Å². The number of carbonyl (C=O) groups excluding carboxylic acids is 3. The number of benzene rings is 1. The number of fused-ring (bicyclic) bond motifs is 3. The van der Waals surface area contributed by atoms with Gasteiger partial charge >= 0.3 is 6.09 Å². The maximum absolute atomic E-state index is 14.8. The summed E-state index contributed by atoms with van der Waals surface area (Å²) in [6, 6.07) is 2.32. The van der Waals surface area contributed by atoms with Gasteiger partial charge in [-0.1, -0.05) is 6.08 Å². The molecule has 1 aromatic carbocycles. The lowest BCUT2D eigenvalue weighted by atomic mass is 9.95. The second-order valence-corrected chi connectivity index (χ2v) is 7.27. The predicted molar refractivity (Wildman–Crippen MR) is 98.1 cm³/mol. The minimum Gasteiger partial charge on any atom is -0.433 e. The van der Waals surface area contributed by atoms with E-state index in [2.05, 4.69) is 0 Å². The fraction of sp³-hybridized carbons (Fsp3) is 0.421. The Hall–Kier alpha value is -2.98. The number of nitrogens with zero attached hydrogens (tertiary/aromatic N) is 2. The SMILES string of the molecule is NC(=O)C1OC(=O)N2c3cc(F)c(C4=CCN(C(=O)C(O)CO)CC4)cc3C[C@@H]12. The third-order valence-corrected chi connectivity index (χ3v) is 5.57. The van der Waals surface area contributed by atoms with Crippen LogP contribution in [0.1, 0.15) is 17.5 Å². The summed E-state index contributed by atoms with van der Waals surface area (Å²) in [6.07, 6.45) is -0.868. The summed E-state index contributed by atoms with van der Waals surface area (Å²) in [5, 5.41) is 18.4. The summed E-state index contributed by atoms with van der Waals surface area (Å²) < 4.78 is 19.8. The Balaban J connectivity index is 1.58. The molecule has 2 unspecified atom stereocenters. The molecule has 0 aliphatic carbocycles. The molecular weight excluding hydrogens is 385 g/mol. The number of nitrogens with two attached hydrogens (primary N) is 1. The maximum atomic E-state index is 14.8. The van der Waals surface area contributed by atoms with Crippen molar-refractivity contribution in [2.45, 2.75) is 31.1 Å². The van der Waals surface area contributed by atoms with Crippen molar-refractivity contribution < 1.29 is 33.7 Å². The van der Waals surface area contributed by atoms with Crippen LogP contribution in [0.3, 0.4) is 0 Å². The van der Waals surface area contributed by atoms with Gasteiger partial charge in [0.05, 0.1) is 18.3 Å². The van der Waals surface area contributed by atoms with Crippen molar-refractivity contribution in [3.8, 4) is 0 Å². The Labute approximate surface area is 165 Å². The Kier molecular flexibility index (Phi) is 4.75. The molecule has 1 fully saturated rings. The summed E-state index contributed by atoms with van der Waals surface area (Å²) in [4.78, 5) is 38.2. The van der Waals surface area contributed by atoms with E-state index in [0.717, 1.165) is 0 Å². The number of anilines is 1. The molecule has 9 nitrogen and oxygen atoms in total. The molecule has 3 aliphatic rings. The number of hydrogen-bond donors (Lipinski definition) is 3. The van der Waals surface area contributed by atoms with E-state index in [0.29, 0.717) is 35.2 Å². The van der Waals surface area contributed by atoms with Crippen molar-refractivity contribution in [1.82, 2.24) is 4.90 Å². The van der Waals surface area contributed by atoms with Crippen molar-refractivity contribution >= 4 is 29.2 Å². The molecule has 0 spiro atoms. The molecule has 0 bridgehead atoms. The zero-order valence-corrected chi connectivity index (χ0v) is 15.4. The van der Waals surface area contributed by atoms with E-state index in [1.165, 1.54) is 15.9 Å². The third kappa shape index (κ3) is 3.14. The number of hydrogen-bond acceptors (Lipinski definition) is 6. The number of rotatable bonds is 4. The number of primary amides is 1. The van der Waals surface area contributed by atoms with E-state index in [1.54, 1.807) is 12.1 Å². The molecular formula is C19H20FN3O6. The van der Waals surface area contributed by atoms with Crippen LogP contribution in [-0.4, -0.2) is 71.0 Å². The van der Waals surface area contributed by atoms with Gasteiger partial charge < -0.3 is 25.6 Å². The van der Waals surface area contributed by atoms with Crippen LogP contribution in [0.2, 0.25) is 0 Å². The molecule has 3 heterocycles. The van der Waals surface area contributed by atoms with Gasteiger partial charge in [0.15, 0.2) is 6.10 Å². The first-order chi connectivity index (χ1) is 13.8. The standard InChI is InChI=1S/C19H20FN3O6/c20-12-7-13-10(6-14-16(17(21)26)29-19(28)23(13)14)5-11(12)9-1-3-22(4-2-9)18(27)15(25)8-24/h1,5,7,14-16,24-25H,2-4,6,8H2,(H2,21,26)/t14-,15?,16?/m0/s1. The van der Waals surface area contributed by atoms with Crippen LogP contribution in [-0.2, 0) is 20.7 Å². The van der Waals surface area contributed by atoms with E-state index in [9.17, 15) is 23.9 Å². The monoisotopic (exact) mass is 405 g/mol. The Morgan fingerprint density at radius 2 is 2.14 bits per heavy atom. The van der Waals surface area contributed by atoms with Crippen molar-refractivity contribution in [2.75, 3.05) is 24.6 Å². The largest absolute Gasteiger partial charge is 0.433 e. The fourth-order valence-corrected chi connectivity index (χ4v) is 4.11. The Morgan fingerprint density at radius 1 is 1.38 bits per heavy atom. The highest BCUT2D eigenvalue weighted by atomic mass is 19.1. The molecule has 4 rings (SSSR count). The van der Waals surface area contributed by atoms with Crippen LogP contribution in [0.25, 0.3) is 5.57 Å².